The maximum Gasteiger partial charge on any atom is 0.239 e. The second-order valence-electron chi connectivity index (χ2n) is 3.95. The first-order valence-electron chi connectivity index (χ1n) is 4.97. The van der Waals surface area contributed by atoms with Crippen LogP contribution in [0.4, 0.5) is 0 Å². The summed E-state index contributed by atoms with van der Waals surface area (Å²) in [6.45, 7) is 2.69. The summed E-state index contributed by atoms with van der Waals surface area (Å²) >= 11 is 0. The van der Waals surface area contributed by atoms with Crippen LogP contribution >= 0.6 is 0 Å². The highest BCUT2D eigenvalue weighted by Crippen LogP contribution is 1.99. The van der Waals surface area contributed by atoms with E-state index < -0.39 is 5.60 Å². The molecule has 1 heterocycles. The quantitative estimate of drug-likeness (QED) is 0.431. The average molecular weight is 218 g/mol. The summed E-state index contributed by atoms with van der Waals surface area (Å²) < 4.78 is 5.13. The lowest BCUT2D eigenvalue weighted by molar-refractivity contribution is -0.127. The number of hydrogen-bond acceptors (Lipinski definition) is 5. The first kappa shape index (κ1) is 12.4. The molecule has 1 saturated heterocycles. The van der Waals surface area contributed by atoms with Gasteiger partial charge in [0.05, 0.1) is 19.8 Å². The lowest BCUT2D eigenvalue weighted by Crippen LogP contribution is -2.54. The van der Waals surface area contributed by atoms with E-state index in [1.807, 2.05) is 0 Å². The van der Waals surface area contributed by atoms with Crippen LogP contribution < -0.4 is 10.6 Å². The molecule has 0 radical (unpaired) electrons. The van der Waals surface area contributed by atoms with Gasteiger partial charge >= 0.3 is 0 Å². The molecular formula is C9H18N2O4. The lowest BCUT2D eigenvalue weighted by Gasteiger charge is -2.25. The van der Waals surface area contributed by atoms with Crippen LogP contribution in [0.15, 0.2) is 0 Å². The average Bonchev–Trinajstić information content (AvgIpc) is 2.27. The lowest BCUT2D eigenvalue weighted by atomic mass is 10.1. The molecule has 2 atom stereocenters. The van der Waals surface area contributed by atoms with Crippen molar-refractivity contribution in [2.75, 3.05) is 32.9 Å². The fraction of sp³-hybridized carbons (Fsp3) is 0.889. The molecule has 4 N–H and O–H groups in total. The van der Waals surface area contributed by atoms with Gasteiger partial charge in [0.15, 0.2) is 0 Å². The highest BCUT2D eigenvalue weighted by Gasteiger charge is 2.24. The summed E-state index contributed by atoms with van der Waals surface area (Å²) in [5, 5.41) is 23.8. The van der Waals surface area contributed by atoms with Gasteiger partial charge in [-0.2, -0.15) is 0 Å². The minimum atomic E-state index is -1.27. The van der Waals surface area contributed by atoms with Crippen LogP contribution in [0.5, 0.6) is 0 Å². The number of amides is 1. The van der Waals surface area contributed by atoms with Gasteiger partial charge in [-0.15, -0.1) is 0 Å². The van der Waals surface area contributed by atoms with Crippen LogP contribution in [-0.4, -0.2) is 60.7 Å². The van der Waals surface area contributed by atoms with Gasteiger partial charge in [0, 0.05) is 13.1 Å². The van der Waals surface area contributed by atoms with Crippen LogP contribution in [0, 0.1) is 0 Å². The van der Waals surface area contributed by atoms with Crippen molar-refractivity contribution in [2.24, 2.45) is 0 Å². The highest BCUT2D eigenvalue weighted by molar-refractivity contribution is 5.82. The van der Waals surface area contributed by atoms with Gasteiger partial charge in [0.1, 0.15) is 11.6 Å². The number of aliphatic hydroxyl groups is 2. The first-order chi connectivity index (χ1) is 7.05. The fourth-order valence-corrected chi connectivity index (χ4v) is 1.19. The minimum Gasteiger partial charge on any atom is -0.393 e. The third kappa shape index (κ3) is 4.13. The van der Waals surface area contributed by atoms with Gasteiger partial charge < -0.3 is 25.6 Å². The van der Waals surface area contributed by atoms with Gasteiger partial charge in [-0.25, -0.2) is 0 Å². The molecule has 15 heavy (non-hydrogen) atoms. The molecule has 0 saturated carbocycles. The second-order valence-corrected chi connectivity index (χ2v) is 3.95. The van der Waals surface area contributed by atoms with E-state index >= 15 is 0 Å². The van der Waals surface area contributed by atoms with Crippen LogP contribution in [0.25, 0.3) is 0 Å². The number of hydrogen-bond donors (Lipinski definition) is 4. The maximum atomic E-state index is 11.5. The molecule has 88 valence electrons. The normalized spacial score (nSPS) is 25.7. The smallest absolute Gasteiger partial charge is 0.239 e. The van der Waals surface area contributed by atoms with Gasteiger partial charge in [-0.05, 0) is 6.92 Å². The van der Waals surface area contributed by atoms with E-state index in [0.29, 0.717) is 19.8 Å². The Morgan fingerprint density at radius 1 is 1.73 bits per heavy atom. The molecule has 1 amide bonds. The van der Waals surface area contributed by atoms with E-state index in [1.54, 1.807) is 0 Å². The summed E-state index contributed by atoms with van der Waals surface area (Å²) in [5.41, 5.74) is -1.27. The first-order valence-corrected chi connectivity index (χ1v) is 4.97. The van der Waals surface area contributed by atoms with Crippen molar-refractivity contribution < 1.29 is 19.7 Å². The predicted octanol–water partition coefficient (Wildman–Crippen LogP) is -2.17. The SMILES string of the molecule is CC(O)(CO)CNC(=O)C1COCCN1. The molecule has 1 fully saturated rings. The van der Waals surface area contributed by atoms with Crippen molar-refractivity contribution in [3.8, 4) is 0 Å². The molecule has 2 unspecified atom stereocenters. The Kier molecular flexibility index (Phi) is 4.46. The molecule has 0 aliphatic carbocycles. The number of rotatable bonds is 4. The van der Waals surface area contributed by atoms with Crippen molar-refractivity contribution in [1.82, 2.24) is 10.6 Å². The zero-order valence-corrected chi connectivity index (χ0v) is 8.82. The molecule has 0 aromatic rings. The molecule has 1 aliphatic rings. The zero-order chi connectivity index (χ0) is 11.3. The van der Waals surface area contributed by atoms with Crippen LogP contribution in [-0.2, 0) is 9.53 Å². The minimum absolute atomic E-state index is 0.0283. The standard InChI is InChI=1S/C9H18N2O4/c1-9(14,6-12)5-11-8(13)7-4-15-3-2-10-7/h7,10,12,14H,2-6H2,1H3,(H,11,13). The molecule has 0 spiro atoms. The van der Waals surface area contributed by atoms with Gasteiger partial charge in [0.25, 0.3) is 0 Å². The van der Waals surface area contributed by atoms with Crippen molar-refractivity contribution in [2.45, 2.75) is 18.6 Å². The fourth-order valence-electron chi connectivity index (χ4n) is 1.19. The molecule has 1 aliphatic heterocycles. The Labute approximate surface area is 88.6 Å². The summed E-state index contributed by atoms with van der Waals surface area (Å²) in [4.78, 5) is 11.5. The van der Waals surface area contributed by atoms with E-state index in [9.17, 15) is 9.90 Å². The number of ether oxygens (including phenoxy) is 1. The highest BCUT2D eigenvalue weighted by atomic mass is 16.5. The monoisotopic (exact) mass is 218 g/mol. The Bertz CT molecular complexity index is 214. The summed E-state index contributed by atoms with van der Waals surface area (Å²) in [6.07, 6.45) is 0. The molecule has 0 aromatic carbocycles. The molecule has 6 heteroatoms. The molecule has 0 aromatic heterocycles. The summed E-state index contributed by atoms with van der Waals surface area (Å²) in [5.74, 6) is -0.219. The van der Waals surface area contributed by atoms with E-state index in [1.165, 1.54) is 6.92 Å². The zero-order valence-electron chi connectivity index (χ0n) is 8.82. The molecule has 0 bridgehead atoms. The van der Waals surface area contributed by atoms with E-state index in [2.05, 4.69) is 10.6 Å². The molecule has 1 rings (SSSR count). The number of carbonyl (C=O) groups excluding carboxylic acids is 1. The van der Waals surface area contributed by atoms with Crippen molar-refractivity contribution >= 4 is 5.91 Å². The van der Waals surface area contributed by atoms with Gasteiger partial charge in [0.2, 0.25) is 5.91 Å². The number of carbonyl (C=O) groups is 1. The van der Waals surface area contributed by atoms with Gasteiger partial charge in [-0.1, -0.05) is 0 Å². The van der Waals surface area contributed by atoms with E-state index in [4.69, 9.17) is 9.84 Å². The number of nitrogens with one attached hydrogen (secondary N) is 2. The Balaban J connectivity index is 2.28. The Hall–Kier alpha value is -0.690. The summed E-state index contributed by atoms with van der Waals surface area (Å²) in [6, 6.07) is -0.367. The topological polar surface area (TPSA) is 90.8 Å². The Morgan fingerprint density at radius 3 is 3.00 bits per heavy atom. The van der Waals surface area contributed by atoms with Gasteiger partial charge in [-0.3, -0.25) is 4.79 Å². The van der Waals surface area contributed by atoms with E-state index in [-0.39, 0.29) is 25.1 Å². The summed E-state index contributed by atoms with van der Waals surface area (Å²) in [7, 11) is 0. The predicted molar refractivity (Wildman–Crippen MR) is 53.3 cm³/mol. The number of aliphatic hydroxyl groups excluding tert-OH is 1. The third-order valence-corrected chi connectivity index (χ3v) is 2.22. The maximum absolute atomic E-state index is 11.5. The van der Waals surface area contributed by atoms with Crippen LogP contribution in [0.2, 0.25) is 0 Å². The third-order valence-electron chi connectivity index (χ3n) is 2.22. The largest absolute Gasteiger partial charge is 0.393 e. The van der Waals surface area contributed by atoms with Crippen molar-refractivity contribution in [3.63, 3.8) is 0 Å². The van der Waals surface area contributed by atoms with Crippen LogP contribution in [0.3, 0.4) is 0 Å². The molecule has 6 nitrogen and oxygen atoms in total. The second kappa shape index (κ2) is 5.41. The molecular weight excluding hydrogens is 200 g/mol. The van der Waals surface area contributed by atoms with E-state index in [0.717, 1.165) is 0 Å². The Morgan fingerprint density at radius 2 is 2.47 bits per heavy atom. The number of morpholine rings is 1. The van der Waals surface area contributed by atoms with Crippen LogP contribution in [0.1, 0.15) is 6.92 Å². The van der Waals surface area contributed by atoms with Crippen molar-refractivity contribution in [1.29, 1.82) is 0 Å². The van der Waals surface area contributed by atoms with Crippen molar-refractivity contribution in [3.05, 3.63) is 0 Å².